The molecule has 98 valence electrons. The molecule has 0 saturated carbocycles. The highest BCUT2D eigenvalue weighted by Crippen LogP contribution is 2.31. The first-order valence-electron chi connectivity index (χ1n) is 5.20. The Morgan fingerprint density at radius 3 is 2.50 bits per heavy atom. The van der Waals surface area contributed by atoms with Crippen molar-refractivity contribution in [2.75, 3.05) is 20.8 Å². The summed E-state index contributed by atoms with van der Waals surface area (Å²) in [6, 6.07) is 2.99. The summed E-state index contributed by atoms with van der Waals surface area (Å²) in [6.45, 7) is -0.0582. The first kappa shape index (κ1) is 14.0. The fraction of sp³-hybridized carbons (Fsp3) is 0.333. The quantitative estimate of drug-likeness (QED) is 0.757. The van der Waals surface area contributed by atoms with Crippen LogP contribution in [-0.4, -0.2) is 37.6 Å². The lowest BCUT2D eigenvalue weighted by atomic mass is 10.0. The zero-order chi connectivity index (χ0) is 13.7. The zero-order valence-corrected chi connectivity index (χ0v) is 10.2. The number of phenols is 1. The van der Waals surface area contributed by atoms with E-state index in [1.165, 1.54) is 26.4 Å². The molecule has 0 spiro atoms. The standard InChI is InChI=1S/C12H15NO5/c1-17-6-8(14)5-7-3-4-9(18-2)10(11(7)15)12(13)16/h3-4,15H,5-6H2,1-2H3,(H2,13,16). The van der Waals surface area contributed by atoms with E-state index >= 15 is 0 Å². The molecule has 0 heterocycles. The van der Waals surface area contributed by atoms with Crippen LogP contribution in [0.15, 0.2) is 12.1 Å². The number of carbonyl (C=O) groups is 2. The molecule has 0 radical (unpaired) electrons. The molecule has 6 nitrogen and oxygen atoms in total. The maximum absolute atomic E-state index is 11.4. The third-order valence-electron chi connectivity index (χ3n) is 2.38. The number of carbonyl (C=O) groups excluding carboxylic acids is 2. The van der Waals surface area contributed by atoms with Gasteiger partial charge in [0.15, 0.2) is 5.78 Å². The van der Waals surface area contributed by atoms with Crippen molar-refractivity contribution in [3.8, 4) is 11.5 Å². The number of ether oxygens (including phenoxy) is 2. The van der Waals surface area contributed by atoms with E-state index in [1.54, 1.807) is 0 Å². The van der Waals surface area contributed by atoms with Crippen LogP contribution in [0.5, 0.6) is 11.5 Å². The molecule has 1 amide bonds. The number of rotatable bonds is 6. The number of aromatic hydroxyl groups is 1. The molecular formula is C12H15NO5. The lowest BCUT2D eigenvalue weighted by Gasteiger charge is -2.11. The van der Waals surface area contributed by atoms with E-state index in [9.17, 15) is 14.7 Å². The number of benzene rings is 1. The minimum atomic E-state index is -0.814. The Balaban J connectivity index is 3.12. The van der Waals surface area contributed by atoms with Gasteiger partial charge in [-0.3, -0.25) is 9.59 Å². The Morgan fingerprint density at radius 1 is 1.33 bits per heavy atom. The van der Waals surface area contributed by atoms with Crippen LogP contribution in [0, 0.1) is 0 Å². The second kappa shape index (κ2) is 6.02. The van der Waals surface area contributed by atoms with Crippen molar-refractivity contribution in [2.45, 2.75) is 6.42 Å². The molecule has 6 heteroatoms. The Morgan fingerprint density at radius 2 is 2.00 bits per heavy atom. The monoisotopic (exact) mass is 253 g/mol. The van der Waals surface area contributed by atoms with Gasteiger partial charge >= 0.3 is 0 Å². The smallest absolute Gasteiger partial charge is 0.256 e. The second-order valence-corrected chi connectivity index (χ2v) is 3.66. The van der Waals surface area contributed by atoms with Crippen LogP contribution in [0.3, 0.4) is 0 Å². The Bertz CT molecular complexity index is 470. The van der Waals surface area contributed by atoms with Gasteiger partial charge in [-0.15, -0.1) is 0 Å². The molecule has 3 N–H and O–H groups in total. The van der Waals surface area contributed by atoms with Crippen molar-refractivity contribution < 1.29 is 24.2 Å². The summed E-state index contributed by atoms with van der Waals surface area (Å²) in [4.78, 5) is 22.7. The van der Waals surface area contributed by atoms with Crippen molar-refractivity contribution in [1.29, 1.82) is 0 Å². The van der Waals surface area contributed by atoms with Gasteiger partial charge in [-0.05, 0) is 6.07 Å². The molecule has 0 saturated heterocycles. The molecule has 0 bridgehead atoms. The first-order chi connectivity index (χ1) is 8.51. The number of amides is 1. The molecule has 0 atom stereocenters. The predicted octanol–water partition coefficient (Wildman–Crippen LogP) is 0.258. The van der Waals surface area contributed by atoms with E-state index in [0.29, 0.717) is 5.56 Å². The van der Waals surface area contributed by atoms with Crippen LogP contribution in [0.2, 0.25) is 0 Å². The van der Waals surface area contributed by atoms with Crippen LogP contribution in [0.4, 0.5) is 0 Å². The average molecular weight is 253 g/mol. The molecule has 0 aliphatic heterocycles. The van der Waals surface area contributed by atoms with Crippen molar-refractivity contribution in [2.24, 2.45) is 5.73 Å². The van der Waals surface area contributed by atoms with Crippen molar-refractivity contribution in [3.05, 3.63) is 23.3 Å². The summed E-state index contributed by atoms with van der Waals surface area (Å²) in [7, 11) is 2.76. The summed E-state index contributed by atoms with van der Waals surface area (Å²) >= 11 is 0. The average Bonchev–Trinajstić information content (AvgIpc) is 2.31. The van der Waals surface area contributed by atoms with Gasteiger partial charge in [-0.2, -0.15) is 0 Å². The van der Waals surface area contributed by atoms with Gasteiger partial charge in [0.2, 0.25) is 0 Å². The Labute approximate surface area is 104 Å². The fourth-order valence-electron chi connectivity index (χ4n) is 1.59. The summed E-state index contributed by atoms with van der Waals surface area (Å²) in [5.74, 6) is -1.19. The van der Waals surface area contributed by atoms with Gasteiger partial charge in [0, 0.05) is 19.1 Å². The molecule has 0 aromatic heterocycles. The number of Topliss-reactive ketones (excluding diaryl/α,β-unsaturated/α-hetero) is 1. The van der Waals surface area contributed by atoms with Gasteiger partial charge in [0.25, 0.3) is 5.91 Å². The lowest BCUT2D eigenvalue weighted by Crippen LogP contribution is -2.15. The van der Waals surface area contributed by atoms with E-state index in [2.05, 4.69) is 0 Å². The maximum atomic E-state index is 11.4. The van der Waals surface area contributed by atoms with Crippen LogP contribution in [-0.2, 0) is 16.0 Å². The van der Waals surface area contributed by atoms with Gasteiger partial charge in [-0.25, -0.2) is 0 Å². The topological polar surface area (TPSA) is 98.9 Å². The number of hydrogen-bond donors (Lipinski definition) is 2. The Kier molecular flexibility index (Phi) is 4.67. The maximum Gasteiger partial charge on any atom is 0.256 e. The summed E-state index contributed by atoms with van der Waals surface area (Å²) < 4.78 is 9.62. The van der Waals surface area contributed by atoms with Crippen molar-refractivity contribution in [3.63, 3.8) is 0 Å². The minimum absolute atomic E-state index is 0.0378. The van der Waals surface area contributed by atoms with Gasteiger partial charge < -0.3 is 20.3 Å². The number of primary amides is 1. The van der Waals surface area contributed by atoms with Gasteiger partial charge in [0.05, 0.1) is 7.11 Å². The van der Waals surface area contributed by atoms with Crippen molar-refractivity contribution >= 4 is 11.7 Å². The number of methoxy groups -OCH3 is 2. The van der Waals surface area contributed by atoms with E-state index < -0.39 is 5.91 Å². The molecule has 0 unspecified atom stereocenters. The van der Waals surface area contributed by atoms with Crippen LogP contribution < -0.4 is 10.5 Å². The molecule has 1 aromatic carbocycles. The molecule has 18 heavy (non-hydrogen) atoms. The molecule has 0 aliphatic carbocycles. The highest BCUT2D eigenvalue weighted by atomic mass is 16.5. The second-order valence-electron chi connectivity index (χ2n) is 3.66. The zero-order valence-electron chi connectivity index (χ0n) is 10.2. The van der Waals surface area contributed by atoms with Crippen LogP contribution >= 0.6 is 0 Å². The normalized spacial score (nSPS) is 10.1. The van der Waals surface area contributed by atoms with E-state index in [0.717, 1.165) is 0 Å². The third kappa shape index (κ3) is 2.98. The molecular weight excluding hydrogens is 238 g/mol. The fourth-order valence-corrected chi connectivity index (χ4v) is 1.59. The van der Waals surface area contributed by atoms with Crippen LogP contribution in [0.1, 0.15) is 15.9 Å². The lowest BCUT2D eigenvalue weighted by molar-refractivity contribution is -0.122. The third-order valence-corrected chi connectivity index (χ3v) is 2.38. The minimum Gasteiger partial charge on any atom is -0.507 e. The Hall–Kier alpha value is -2.08. The summed E-state index contributed by atoms with van der Waals surface area (Å²) in [5, 5.41) is 9.91. The van der Waals surface area contributed by atoms with Crippen LogP contribution in [0.25, 0.3) is 0 Å². The highest BCUT2D eigenvalue weighted by molar-refractivity contribution is 5.99. The molecule has 1 rings (SSSR count). The van der Waals surface area contributed by atoms with Crippen molar-refractivity contribution in [1.82, 2.24) is 0 Å². The van der Waals surface area contributed by atoms with E-state index in [-0.39, 0.29) is 35.9 Å². The number of hydrogen-bond acceptors (Lipinski definition) is 5. The molecule has 1 aromatic rings. The van der Waals surface area contributed by atoms with E-state index in [1.807, 2.05) is 0 Å². The number of nitrogens with two attached hydrogens (primary N) is 1. The van der Waals surface area contributed by atoms with Gasteiger partial charge in [0.1, 0.15) is 23.7 Å². The SMILES string of the molecule is COCC(=O)Cc1ccc(OC)c(C(N)=O)c1O. The van der Waals surface area contributed by atoms with Gasteiger partial charge in [-0.1, -0.05) is 6.07 Å². The summed E-state index contributed by atoms with van der Waals surface area (Å²) in [5.41, 5.74) is 5.35. The number of ketones is 1. The largest absolute Gasteiger partial charge is 0.507 e. The summed E-state index contributed by atoms with van der Waals surface area (Å²) in [6.07, 6.45) is -0.0378. The first-order valence-corrected chi connectivity index (χ1v) is 5.20. The van der Waals surface area contributed by atoms with E-state index in [4.69, 9.17) is 15.2 Å². The molecule has 0 fully saturated rings. The highest BCUT2D eigenvalue weighted by Gasteiger charge is 2.19. The molecule has 0 aliphatic rings. The predicted molar refractivity (Wildman–Crippen MR) is 63.8 cm³/mol.